The number of carboxylic acid groups (broad SMARTS) is 1. The van der Waals surface area contributed by atoms with Crippen LogP contribution in [0.5, 0.6) is 0 Å². The zero-order valence-electron chi connectivity index (χ0n) is 22.2. The lowest BCUT2D eigenvalue weighted by molar-refractivity contribution is -0.155. The molecule has 0 heterocycles. The number of hydrogen-bond acceptors (Lipinski definition) is 6. The molecule has 0 spiro atoms. The molecule has 1 fully saturated rings. The summed E-state index contributed by atoms with van der Waals surface area (Å²) in [4.78, 5) is 55.1. The molecule has 2 rings (SSSR count). The van der Waals surface area contributed by atoms with Crippen LogP contribution in [0.15, 0.2) is 29.3 Å². The van der Waals surface area contributed by atoms with Gasteiger partial charge in [-0.05, 0) is 50.5 Å². The number of nitrogens with two attached hydrogens (primary N) is 4. The number of carbonyl (C=O) groups is 4. The van der Waals surface area contributed by atoms with E-state index < -0.39 is 41.2 Å². The van der Waals surface area contributed by atoms with Crippen molar-refractivity contribution in [2.45, 2.75) is 70.4 Å². The predicted molar refractivity (Wildman–Crippen MR) is 146 cm³/mol. The Bertz CT molecular complexity index is 1080. The van der Waals surface area contributed by atoms with Gasteiger partial charge in [-0.3, -0.25) is 29.6 Å². The van der Waals surface area contributed by atoms with Gasteiger partial charge in [0, 0.05) is 12.1 Å². The van der Waals surface area contributed by atoms with Gasteiger partial charge in [0.15, 0.2) is 5.96 Å². The van der Waals surface area contributed by atoms with Crippen LogP contribution in [-0.2, 0) is 25.6 Å². The molecule has 13 heteroatoms. The van der Waals surface area contributed by atoms with Crippen molar-refractivity contribution in [3.8, 4) is 0 Å². The van der Waals surface area contributed by atoms with Gasteiger partial charge < -0.3 is 38.7 Å². The molecule has 1 aromatic carbocycles. The molecule has 39 heavy (non-hydrogen) atoms. The first-order valence-corrected chi connectivity index (χ1v) is 13.0. The quantitative estimate of drug-likeness (QED) is 0.0665. The lowest BCUT2D eigenvalue weighted by atomic mass is 9.80. The maximum Gasteiger partial charge on any atom is 0.319 e. The Morgan fingerprint density at radius 1 is 1.05 bits per heavy atom. The third-order valence-electron chi connectivity index (χ3n) is 7.09. The fourth-order valence-corrected chi connectivity index (χ4v) is 4.68. The number of amidine groups is 1. The molecule has 1 aliphatic rings. The van der Waals surface area contributed by atoms with Crippen LogP contribution in [-0.4, -0.2) is 59.2 Å². The van der Waals surface area contributed by atoms with E-state index >= 15 is 0 Å². The minimum absolute atomic E-state index is 0.0917. The molecule has 0 bridgehead atoms. The number of rotatable bonds is 14. The van der Waals surface area contributed by atoms with E-state index in [1.165, 1.54) is 6.92 Å². The van der Waals surface area contributed by atoms with Crippen molar-refractivity contribution in [2.24, 2.45) is 39.3 Å². The molecule has 1 aromatic rings. The second-order valence-electron chi connectivity index (χ2n) is 10.2. The normalized spacial score (nSPS) is 16.6. The van der Waals surface area contributed by atoms with Gasteiger partial charge in [0.1, 0.15) is 23.3 Å². The third kappa shape index (κ3) is 8.97. The van der Waals surface area contributed by atoms with Gasteiger partial charge in [-0.25, -0.2) is 0 Å². The number of carbonyl (C=O) groups excluding carboxylic acids is 3. The number of nitrogens with one attached hydrogen (secondary N) is 3. The van der Waals surface area contributed by atoms with Crippen LogP contribution in [0.1, 0.15) is 63.0 Å². The van der Waals surface area contributed by atoms with Crippen LogP contribution in [0.25, 0.3) is 0 Å². The lowest BCUT2D eigenvalue weighted by Gasteiger charge is -2.33. The van der Waals surface area contributed by atoms with Crippen molar-refractivity contribution in [1.29, 1.82) is 5.41 Å². The predicted octanol–water partition coefficient (Wildman–Crippen LogP) is -0.307. The topological polar surface area (TPSA) is 253 Å². The summed E-state index contributed by atoms with van der Waals surface area (Å²) in [6.45, 7) is 1.55. The van der Waals surface area contributed by atoms with E-state index in [0.717, 1.165) is 19.3 Å². The highest BCUT2D eigenvalue weighted by atomic mass is 16.4. The van der Waals surface area contributed by atoms with Gasteiger partial charge in [0.05, 0.1) is 0 Å². The van der Waals surface area contributed by atoms with Crippen LogP contribution in [0.2, 0.25) is 0 Å². The number of aliphatic imine (C=N–C) groups is 1. The Morgan fingerprint density at radius 3 is 2.18 bits per heavy atom. The number of amides is 3. The fourth-order valence-electron chi connectivity index (χ4n) is 4.68. The fraction of sp³-hybridized carbons (Fsp3) is 0.538. The molecule has 1 saturated carbocycles. The third-order valence-corrected chi connectivity index (χ3v) is 7.09. The number of aliphatic carboxylic acids is 1. The molecular weight excluding hydrogens is 504 g/mol. The zero-order valence-corrected chi connectivity index (χ0v) is 22.2. The van der Waals surface area contributed by atoms with Crippen LogP contribution in [0.4, 0.5) is 0 Å². The molecule has 13 nitrogen and oxygen atoms in total. The molecule has 0 radical (unpaired) electrons. The molecule has 214 valence electrons. The molecule has 3 atom stereocenters. The summed E-state index contributed by atoms with van der Waals surface area (Å²) < 4.78 is 0. The van der Waals surface area contributed by atoms with E-state index in [2.05, 4.69) is 15.6 Å². The van der Waals surface area contributed by atoms with Crippen molar-refractivity contribution >= 4 is 35.5 Å². The molecule has 3 amide bonds. The van der Waals surface area contributed by atoms with E-state index in [0.29, 0.717) is 30.4 Å². The Hall–Kier alpha value is -4.16. The van der Waals surface area contributed by atoms with E-state index in [9.17, 15) is 24.3 Å². The summed E-state index contributed by atoms with van der Waals surface area (Å²) in [5.41, 5.74) is 20.7. The molecular formula is C26H40N8O5. The van der Waals surface area contributed by atoms with Crippen molar-refractivity contribution < 1.29 is 24.3 Å². The van der Waals surface area contributed by atoms with Crippen molar-refractivity contribution in [1.82, 2.24) is 10.6 Å². The summed E-state index contributed by atoms with van der Waals surface area (Å²) in [6.07, 6.45) is 4.47. The smallest absolute Gasteiger partial charge is 0.319 e. The molecule has 12 N–H and O–H groups in total. The van der Waals surface area contributed by atoms with E-state index in [4.69, 9.17) is 28.3 Å². The number of hydrogen-bond donors (Lipinski definition) is 8. The van der Waals surface area contributed by atoms with Crippen LogP contribution in [0.3, 0.4) is 0 Å². The van der Waals surface area contributed by atoms with Gasteiger partial charge >= 0.3 is 5.97 Å². The highest BCUT2D eigenvalue weighted by Gasteiger charge is 2.44. The molecule has 1 unspecified atom stereocenters. The first-order valence-electron chi connectivity index (χ1n) is 13.0. The van der Waals surface area contributed by atoms with E-state index in [1.54, 1.807) is 24.3 Å². The standard InChI is InChI=1S/C26H40N8O5/c1-26(24(38)39,14-15-9-11-17(12-10-15)20(27)28)23(37)34-19(16-6-3-2-4-7-16)22(36)33-18(21(29)35)8-5-13-32-25(30)31/h9-12,16,18-19H,2-8,13-14H2,1H3,(H3,27,28)(H2,29,35)(H,33,36)(H,34,37)(H,38,39)(H4,30,31,32)/t18-,19-,26?/m0/s1. The largest absolute Gasteiger partial charge is 0.480 e. The van der Waals surface area contributed by atoms with Crippen molar-refractivity contribution in [3.05, 3.63) is 35.4 Å². The summed E-state index contributed by atoms with van der Waals surface area (Å²) in [5, 5.41) is 22.9. The Labute approximate surface area is 227 Å². The van der Waals surface area contributed by atoms with Gasteiger partial charge in [0.25, 0.3) is 0 Å². The summed E-state index contributed by atoms with van der Waals surface area (Å²) >= 11 is 0. The van der Waals surface area contributed by atoms with Gasteiger partial charge in [0.2, 0.25) is 17.7 Å². The van der Waals surface area contributed by atoms with Gasteiger partial charge in [-0.15, -0.1) is 0 Å². The summed E-state index contributed by atoms with van der Waals surface area (Å²) in [6, 6.07) is 4.31. The summed E-state index contributed by atoms with van der Waals surface area (Å²) in [7, 11) is 0. The second-order valence-corrected chi connectivity index (χ2v) is 10.2. The number of primary amides is 1. The maximum absolute atomic E-state index is 13.5. The first kappa shape index (κ1) is 31.1. The minimum Gasteiger partial charge on any atom is -0.480 e. The number of guanidine groups is 1. The van der Waals surface area contributed by atoms with Crippen LogP contribution >= 0.6 is 0 Å². The Morgan fingerprint density at radius 2 is 1.67 bits per heavy atom. The molecule has 0 saturated heterocycles. The minimum atomic E-state index is -1.89. The monoisotopic (exact) mass is 544 g/mol. The number of benzene rings is 1. The summed E-state index contributed by atoms with van der Waals surface area (Å²) in [5.74, 6) is -3.97. The van der Waals surface area contributed by atoms with E-state index in [-0.39, 0.29) is 37.1 Å². The Kier molecular flexibility index (Phi) is 11.2. The van der Waals surface area contributed by atoms with Gasteiger partial charge in [-0.1, -0.05) is 43.5 Å². The highest BCUT2D eigenvalue weighted by molar-refractivity contribution is 6.03. The molecule has 0 aromatic heterocycles. The van der Waals surface area contributed by atoms with Gasteiger partial charge in [-0.2, -0.15) is 0 Å². The van der Waals surface area contributed by atoms with E-state index in [1.807, 2.05) is 0 Å². The maximum atomic E-state index is 13.5. The average Bonchev–Trinajstić information content (AvgIpc) is 2.89. The van der Waals surface area contributed by atoms with Crippen molar-refractivity contribution in [3.63, 3.8) is 0 Å². The zero-order chi connectivity index (χ0) is 29.2. The first-order chi connectivity index (χ1) is 18.3. The average molecular weight is 545 g/mol. The number of carboxylic acids is 1. The lowest BCUT2D eigenvalue weighted by Crippen LogP contribution is -2.59. The number of nitrogen functional groups attached to an aromatic ring is 1. The second kappa shape index (κ2) is 14.1. The van der Waals surface area contributed by atoms with Crippen molar-refractivity contribution in [2.75, 3.05) is 6.54 Å². The SMILES string of the molecule is CC(Cc1ccc(C(=N)N)cc1)(C(=O)O)C(=O)N[C@H](C(=O)N[C@@H](CCCN=C(N)N)C(N)=O)C1CCCCC1. The Balaban J connectivity index is 2.24. The number of nitrogens with zero attached hydrogens (tertiary/aromatic N) is 1. The van der Waals surface area contributed by atoms with Crippen LogP contribution < -0.4 is 33.6 Å². The highest BCUT2D eigenvalue weighted by Crippen LogP contribution is 2.29. The molecule has 1 aliphatic carbocycles. The molecule has 0 aliphatic heterocycles. The van der Waals surface area contributed by atoms with Crippen LogP contribution in [0, 0.1) is 16.7 Å².